The van der Waals surface area contributed by atoms with Crippen LogP contribution in [0.4, 0.5) is 0 Å². The summed E-state index contributed by atoms with van der Waals surface area (Å²) >= 11 is 0. The molecule has 122 valence electrons. The molecule has 1 aliphatic heterocycles. The van der Waals surface area contributed by atoms with Crippen molar-refractivity contribution in [3.63, 3.8) is 0 Å². The molecule has 0 saturated carbocycles. The van der Waals surface area contributed by atoms with E-state index in [0.717, 1.165) is 32.0 Å². The normalized spacial score (nSPS) is 23.0. The highest BCUT2D eigenvalue weighted by Gasteiger charge is 2.31. The summed E-state index contributed by atoms with van der Waals surface area (Å²) in [5, 5.41) is 6.07. The van der Waals surface area contributed by atoms with E-state index in [1.54, 1.807) is 7.05 Å². The van der Waals surface area contributed by atoms with Crippen LogP contribution in [0.3, 0.4) is 0 Å². The maximum Gasteiger partial charge on any atom is 0.239 e. The second kappa shape index (κ2) is 8.90. The highest BCUT2D eigenvalue weighted by atomic mass is 16.1. The summed E-state index contributed by atoms with van der Waals surface area (Å²) < 4.78 is 0. The summed E-state index contributed by atoms with van der Waals surface area (Å²) in [5.74, 6) is 0.884. The molecule has 1 unspecified atom stereocenters. The first kappa shape index (κ1) is 17.8. The van der Waals surface area contributed by atoms with Gasteiger partial charge in [-0.3, -0.25) is 9.79 Å². The van der Waals surface area contributed by atoms with Gasteiger partial charge in [-0.15, -0.1) is 0 Å². The molecule has 1 fully saturated rings. The van der Waals surface area contributed by atoms with Crippen molar-refractivity contribution in [2.24, 2.45) is 10.4 Å². The largest absolute Gasteiger partial charge is 0.355 e. The van der Waals surface area contributed by atoms with Crippen LogP contribution in [0.1, 0.15) is 52.9 Å². The van der Waals surface area contributed by atoms with Crippen molar-refractivity contribution in [3.05, 3.63) is 0 Å². The number of carbonyl (C=O) groups excluding carboxylic acids is 1. The fourth-order valence-electron chi connectivity index (χ4n) is 3.12. The van der Waals surface area contributed by atoms with Crippen molar-refractivity contribution in [2.45, 2.75) is 52.9 Å². The van der Waals surface area contributed by atoms with Gasteiger partial charge in [-0.25, -0.2) is 0 Å². The van der Waals surface area contributed by atoms with Gasteiger partial charge in [-0.1, -0.05) is 27.2 Å². The lowest BCUT2D eigenvalue weighted by Crippen LogP contribution is -2.51. The third kappa shape index (κ3) is 5.94. The van der Waals surface area contributed by atoms with E-state index in [4.69, 9.17) is 0 Å². The van der Waals surface area contributed by atoms with Crippen LogP contribution in [-0.2, 0) is 4.79 Å². The SMILES string of the molecule is CCCNC(=O)CNC(=NC)N1CCCC(C)(CCC)C1. The van der Waals surface area contributed by atoms with Gasteiger partial charge in [0.1, 0.15) is 0 Å². The molecular formula is C16H32N4O. The third-order valence-corrected chi connectivity index (χ3v) is 4.13. The van der Waals surface area contributed by atoms with Gasteiger partial charge in [0.05, 0.1) is 6.54 Å². The Labute approximate surface area is 129 Å². The van der Waals surface area contributed by atoms with Gasteiger partial charge in [0.25, 0.3) is 0 Å². The van der Waals surface area contributed by atoms with Crippen LogP contribution in [0, 0.1) is 5.41 Å². The summed E-state index contributed by atoms with van der Waals surface area (Å²) in [7, 11) is 1.79. The Bertz CT molecular complexity index is 352. The average Bonchev–Trinajstić information content (AvgIpc) is 2.45. The molecule has 0 bridgehead atoms. The van der Waals surface area contributed by atoms with E-state index in [-0.39, 0.29) is 5.91 Å². The molecule has 21 heavy (non-hydrogen) atoms. The number of aliphatic imine (C=N–C) groups is 1. The second-order valence-corrected chi connectivity index (χ2v) is 6.34. The first-order chi connectivity index (χ1) is 10.0. The third-order valence-electron chi connectivity index (χ3n) is 4.13. The fraction of sp³-hybridized carbons (Fsp3) is 0.875. The van der Waals surface area contributed by atoms with Crippen molar-refractivity contribution in [1.29, 1.82) is 0 Å². The van der Waals surface area contributed by atoms with Crippen molar-refractivity contribution >= 4 is 11.9 Å². The van der Waals surface area contributed by atoms with Gasteiger partial charge < -0.3 is 15.5 Å². The molecule has 0 aromatic carbocycles. The number of hydrogen-bond donors (Lipinski definition) is 2. The predicted molar refractivity (Wildman–Crippen MR) is 88.5 cm³/mol. The lowest BCUT2D eigenvalue weighted by molar-refractivity contribution is -0.120. The monoisotopic (exact) mass is 296 g/mol. The van der Waals surface area contributed by atoms with Crippen molar-refractivity contribution < 1.29 is 4.79 Å². The molecule has 1 amide bonds. The van der Waals surface area contributed by atoms with Crippen LogP contribution in [-0.4, -0.2) is 50.0 Å². The summed E-state index contributed by atoms with van der Waals surface area (Å²) in [4.78, 5) is 18.3. The highest BCUT2D eigenvalue weighted by molar-refractivity contribution is 5.86. The summed E-state index contributed by atoms with van der Waals surface area (Å²) in [6.07, 6.45) is 5.90. The molecular weight excluding hydrogens is 264 g/mol. The van der Waals surface area contributed by atoms with E-state index < -0.39 is 0 Å². The number of carbonyl (C=O) groups is 1. The highest BCUT2D eigenvalue weighted by Crippen LogP contribution is 2.33. The van der Waals surface area contributed by atoms with Crippen molar-refractivity contribution in [2.75, 3.05) is 33.2 Å². The van der Waals surface area contributed by atoms with Crippen LogP contribution in [0.5, 0.6) is 0 Å². The number of nitrogens with zero attached hydrogens (tertiary/aromatic N) is 2. The number of amides is 1. The molecule has 1 heterocycles. The van der Waals surface area contributed by atoms with Crippen molar-refractivity contribution in [3.8, 4) is 0 Å². The molecule has 0 aliphatic carbocycles. The van der Waals surface area contributed by atoms with Crippen LogP contribution in [0.15, 0.2) is 4.99 Å². The summed E-state index contributed by atoms with van der Waals surface area (Å²) in [6, 6.07) is 0. The fourth-order valence-corrected chi connectivity index (χ4v) is 3.12. The van der Waals surface area contributed by atoms with Gasteiger partial charge >= 0.3 is 0 Å². The summed E-state index contributed by atoms with van der Waals surface area (Å²) in [6.45, 7) is 9.74. The topological polar surface area (TPSA) is 56.7 Å². The molecule has 1 rings (SSSR count). The zero-order chi connectivity index (χ0) is 15.7. The lowest BCUT2D eigenvalue weighted by atomic mass is 9.78. The van der Waals surface area contributed by atoms with E-state index in [2.05, 4.69) is 41.3 Å². The molecule has 1 atom stereocenters. The Kier molecular flexibility index (Phi) is 7.54. The van der Waals surface area contributed by atoms with Crippen LogP contribution in [0.25, 0.3) is 0 Å². The standard InChI is InChI=1S/C16H32N4O/c1-5-8-16(3)9-7-11-20(13-16)15(17-4)19-12-14(21)18-10-6-2/h5-13H2,1-4H3,(H,17,19)(H,18,21). The number of rotatable bonds is 6. The van der Waals surface area contributed by atoms with E-state index in [1.807, 2.05) is 0 Å². The maximum absolute atomic E-state index is 11.7. The minimum atomic E-state index is 0.0336. The minimum Gasteiger partial charge on any atom is -0.355 e. The Hall–Kier alpha value is -1.26. The lowest BCUT2D eigenvalue weighted by Gasteiger charge is -2.42. The Morgan fingerprint density at radius 3 is 2.67 bits per heavy atom. The maximum atomic E-state index is 11.7. The predicted octanol–water partition coefficient (Wildman–Crippen LogP) is 1.99. The zero-order valence-electron chi connectivity index (χ0n) is 14.2. The van der Waals surface area contributed by atoms with Gasteiger partial charge in [0.2, 0.25) is 5.91 Å². The van der Waals surface area contributed by atoms with Crippen LogP contribution >= 0.6 is 0 Å². The van der Waals surface area contributed by atoms with Gasteiger partial charge in [0, 0.05) is 26.7 Å². The van der Waals surface area contributed by atoms with Crippen LogP contribution in [0.2, 0.25) is 0 Å². The molecule has 5 heteroatoms. The number of piperidine rings is 1. The molecule has 0 aromatic rings. The molecule has 5 nitrogen and oxygen atoms in total. The average molecular weight is 296 g/mol. The van der Waals surface area contributed by atoms with E-state index in [0.29, 0.717) is 12.0 Å². The van der Waals surface area contributed by atoms with E-state index in [9.17, 15) is 4.79 Å². The molecule has 0 spiro atoms. The quantitative estimate of drug-likeness (QED) is 0.582. The first-order valence-electron chi connectivity index (χ1n) is 8.27. The molecule has 2 N–H and O–H groups in total. The van der Waals surface area contributed by atoms with Gasteiger partial charge in [-0.05, 0) is 31.1 Å². The number of hydrogen-bond acceptors (Lipinski definition) is 2. The Balaban J connectivity index is 2.50. The zero-order valence-corrected chi connectivity index (χ0v) is 14.2. The second-order valence-electron chi connectivity index (χ2n) is 6.34. The van der Waals surface area contributed by atoms with E-state index >= 15 is 0 Å². The number of likely N-dealkylation sites (tertiary alicyclic amines) is 1. The molecule has 1 saturated heterocycles. The number of nitrogens with one attached hydrogen (secondary N) is 2. The smallest absolute Gasteiger partial charge is 0.239 e. The van der Waals surface area contributed by atoms with Crippen LogP contribution < -0.4 is 10.6 Å². The van der Waals surface area contributed by atoms with Gasteiger partial charge in [0.15, 0.2) is 5.96 Å². The van der Waals surface area contributed by atoms with Crippen molar-refractivity contribution in [1.82, 2.24) is 15.5 Å². The molecule has 0 radical (unpaired) electrons. The summed E-state index contributed by atoms with van der Waals surface area (Å²) in [5.41, 5.74) is 0.370. The van der Waals surface area contributed by atoms with E-state index in [1.165, 1.54) is 25.7 Å². The minimum absolute atomic E-state index is 0.0336. The Morgan fingerprint density at radius 1 is 1.29 bits per heavy atom. The number of guanidine groups is 1. The Morgan fingerprint density at radius 2 is 2.05 bits per heavy atom. The first-order valence-corrected chi connectivity index (χ1v) is 8.27. The molecule has 0 aromatic heterocycles. The molecule has 1 aliphatic rings. The van der Waals surface area contributed by atoms with Gasteiger partial charge in [-0.2, -0.15) is 0 Å².